The minimum Gasteiger partial charge on any atom is -0.356 e. The Kier molecular flexibility index (Phi) is 4.69. The van der Waals surface area contributed by atoms with Crippen molar-refractivity contribution in [2.75, 3.05) is 5.32 Å². The number of pyridine rings is 1. The highest BCUT2D eigenvalue weighted by Crippen LogP contribution is 2.15. The van der Waals surface area contributed by atoms with Crippen molar-refractivity contribution in [3.8, 4) is 0 Å². The number of thiocarbonyl (C=S) groups is 1. The van der Waals surface area contributed by atoms with Crippen molar-refractivity contribution in [2.45, 2.75) is 26.8 Å². The first kappa shape index (κ1) is 14.5. The Hall–Kier alpha value is -1.94. The maximum Gasteiger partial charge on any atom is 0.171 e. The Morgan fingerprint density at radius 1 is 1.10 bits per heavy atom. The SMILES string of the molecule is Cc1ccc(NC(=S)NC(C)c2ccncc2)cc1C. The van der Waals surface area contributed by atoms with Gasteiger partial charge in [-0.1, -0.05) is 6.07 Å². The highest BCUT2D eigenvalue weighted by molar-refractivity contribution is 7.80. The molecule has 3 nitrogen and oxygen atoms in total. The van der Waals surface area contributed by atoms with Gasteiger partial charge in [-0.25, -0.2) is 0 Å². The topological polar surface area (TPSA) is 37.0 Å². The van der Waals surface area contributed by atoms with E-state index in [0.29, 0.717) is 5.11 Å². The van der Waals surface area contributed by atoms with E-state index in [1.165, 1.54) is 11.1 Å². The molecular weight excluding hydrogens is 266 g/mol. The largest absolute Gasteiger partial charge is 0.356 e. The smallest absolute Gasteiger partial charge is 0.171 e. The second kappa shape index (κ2) is 6.48. The van der Waals surface area contributed by atoms with Gasteiger partial charge < -0.3 is 10.6 Å². The number of nitrogens with zero attached hydrogens (tertiary/aromatic N) is 1. The summed E-state index contributed by atoms with van der Waals surface area (Å²) in [7, 11) is 0. The van der Waals surface area contributed by atoms with E-state index >= 15 is 0 Å². The Morgan fingerprint density at radius 2 is 1.80 bits per heavy atom. The van der Waals surface area contributed by atoms with Crippen molar-refractivity contribution >= 4 is 23.0 Å². The van der Waals surface area contributed by atoms with Crippen molar-refractivity contribution in [2.24, 2.45) is 0 Å². The zero-order valence-electron chi connectivity index (χ0n) is 12.0. The number of nitrogens with one attached hydrogen (secondary N) is 2. The summed E-state index contributed by atoms with van der Waals surface area (Å²) in [6.45, 7) is 6.27. The molecule has 2 aromatic rings. The van der Waals surface area contributed by atoms with Crippen molar-refractivity contribution in [3.05, 3.63) is 59.4 Å². The number of aryl methyl sites for hydroxylation is 2. The van der Waals surface area contributed by atoms with E-state index in [9.17, 15) is 0 Å². The first-order chi connectivity index (χ1) is 9.56. The molecule has 1 aromatic heterocycles. The normalized spacial score (nSPS) is 11.8. The van der Waals surface area contributed by atoms with Gasteiger partial charge in [-0.3, -0.25) is 4.98 Å². The highest BCUT2D eigenvalue weighted by Gasteiger charge is 2.06. The number of hydrogen-bond donors (Lipinski definition) is 2. The molecule has 1 heterocycles. The number of anilines is 1. The van der Waals surface area contributed by atoms with E-state index in [-0.39, 0.29) is 6.04 Å². The van der Waals surface area contributed by atoms with Gasteiger partial charge in [-0.05, 0) is 73.9 Å². The summed E-state index contributed by atoms with van der Waals surface area (Å²) in [5, 5.41) is 7.11. The molecule has 4 heteroatoms. The summed E-state index contributed by atoms with van der Waals surface area (Å²) >= 11 is 5.35. The Balaban J connectivity index is 1.97. The summed E-state index contributed by atoms with van der Waals surface area (Å²) < 4.78 is 0. The van der Waals surface area contributed by atoms with Crippen LogP contribution < -0.4 is 10.6 Å². The van der Waals surface area contributed by atoms with E-state index in [0.717, 1.165) is 11.3 Å². The Bertz CT molecular complexity index is 596. The maximum absolute atomic E-state index is 5.35. The average molecular weight is 285 g/mol. The van der Waals surface area contributed by atoms with Crippen molar-refractivity contribution in [3.63, 3.8) is 0 Å². The van der Waals surface area contributed by atoms with Gasteiger partial charge in [0, 0.05) is 18.1 Å². The van der Waals surface area contributed by atoms with E-state index in [2.05, 4.69) is 48.5 Å². The first-order valence-electron chi connectivity index (χ1n) is 6.61. The third kappa shape index (κ3) is 3.78. The molecule has 2 rings (SSSR count). The predicted octanol–water partition coefficient (Wildman–Crippen LogP) is 3.75. The monoisotopic (exact) mass is 285 g/mol. The third-order valence-electron chi connectivity index (χ3n) is 3.32. The van der Waals surface area contributed by atoms with E-state index in [4.69, 9.17) is 12.2 Å². The van der Waals surface area contributed by atoms with Gasteiger partial charge in [0.1, 0.15) is 0 Å². The fraction of sp³-hybridized carbons (Fsp3) is 0.250. The summed E-state index contributed by atoms with van der Waals surface area (Å²) in [6.07, 6.45) is 3.57. The molecule has 0 saturated carbocycles. The van der Waals surface area contributed by atoms with Crippen LogP contribution in [0.5, 0.6) is 0 Å². The van der Waals surface area contributed by atoms with Crippen molar-refractivity contribution in [1.29, 1.82) is 0 Å². The lowest BCUT2D eigenvalue weighted by Gasteiger charge is -2.17. The summed E-state index contributed by atoms with van der Waals surface area (Å²) in [5.41, 5.74) is 4.69. The Labute approximate surface area is 125 Å². The predicted molar refractivity (Wildman–Crippen MR) is 87.9 cm³/mol. The lowest BCUT2D eigenvalue weighted by atomic mass is 10.1. The minimum atomic E-state index is 0.143. The van der Waals surface area contributed by atoms with Crippen LogP contribution in [0.3, 0.4) is 0 Å². The summed E-state index contributed by atoms with van der Waals surface area (Å²) in [6, 6.07) is 10.3. The summed E-state index contributed by atoms with van der Waals surface area (Å²) in [5.74, 6) is 0. The van der Waals surface area contributed by atoms with Crippen molar-refractivity contribution in [1.82, 2.24) is 10.3 Å². The molecule has 0 aliphatic rings. The molecule has 0 saturated heterocycles. The molecule has 0 aliphatic heterocycles. The third-order valence-corrected chi connectivity index (χ3v) is 3.54. The van der Waals surface area contributed by atoms with Crippen LogP contribution in [-0.2, 0) is 0 Å². The standard InChI is InChI=1S/C16H19N3S/c1-11-4-5-15(10-12(11)2)19-16(20)18-13(3)14-6-8-17-9-7-14/h4-10,13H,1-3H3,(H2,18,19,20). The molecule has 0 radical (unpaired) electrons. The second-order valence-electron chi connectivity index (χ2n) is 4.90. The lowest BCUT2D eigenvalue weighted by Crippen LogP contribution is -2.30. The van der Waals surface area contributed by atoms with Gasteiger partial charge in [-0.2, -0.15) is 0 Å². The molecule has 20 heavy (non-hydrogen) atoms. The molecule has 0 fully saturated rings. The molecule has 2 N–H and O–H groups in total. The molecule has 1 unspecified atom stereocenters. The zero-order chi connectivity index (χ0) is 14.5. The maximum atomic E-state index is 5.35. The van der Waals surface area contributed by atoms with Gasteiger partial charge >= 0.3 is 0 Å². The highest BCUT2D eigenvalue weighted by atomic mass is 32.1. The van der Waals surface area contributed by atoms with Crippen LogP contribution in [-0.4, -0.2) is 10.1 Å². The fourth-order valence-electron chi connectivity index (χ4n) is 1.92. The molecule has 1 atom stereocenters. The van der Waals surface area contributed by atoms with Gasteiger partial charge in [-0.15, -0.1) is 0 Å². The number of rotatable bonds is 3. The zero-order valence-corrected chi connectivity index (χ0v) is 12.8. The van der Waals surface area contributed by atoms with Crippen LogP contribution in [0.4, 0.5) is 5.69 Å². The molecule has 0 amide bonds. The van der Waals surface area contributed by atoms with Gasteiger partial charge in [0.25, 0.3) is 0 Å². The molecule has 0 spiro atoms. The minimum absolute atomic E-state index is 0.143. The van der Waals surface area contributed by atoms with Crippen LogP contribution in [0, 0.1) is 13.8 Å². The van der Waals surface area contributed by atoms with Gasteiger partial charge in [0.15, 0.2) is 5.11 Å². The fourth-order valence-corrected chi connectivity index (χ4v) is 2.21. The summed E-state index contributed by atoms with van der Waals surface area (Å²) in [4.78, 5) is 4.02. The molecular formula is C16H19N3S. The Morgan fingerprint density at radius 3 is 2.45 bits per heavy atom. The molecule has 0 aliphatic carbocycles. The number of aromatic nitrogens is 1. The molecule has 0 bridgehead atoms. The number of hydrogen-bond acceptors (Lipinski definition) is 2. The van der Waals surface area contributed by atoms with Gasteiger partial charge in [0.05, 0.1) is 6.04 Å². The van der Waals surface area contributed by atoms with Crippen LogP contribution in [0.2, 0.25) is 0 Å². The van der Waals surface area contributed by atoms with Crippen LogP contribution in [0.1, 0.15) is 29.7 Å². The van der Waals surface area contributed by atoms with Crippen LogP contribution in [0.15, 0.2) is 42.7 Å². The average Bonchev–Trinajstić information content (AvgIpc) is 2.44. The van der Waals surface area contributed by atoms with Gasteiger partial charge in [0.2, 0.25) is 0 Å². The quantitative estimate of drug-likeness (QED) is 0.842. The van der Waals surface area contributed by atoms with Crippen LogP contribution >= 0.6 is 12.2 Å². The van der Waals surface area contributed by atoms with Crippen molar-refractivity contribution < 1.29 is 0 Å². The van der Waals surface area contributed by atoms with E-state index in [1.807, 2.05) is 18.2 Å². The van der Waals surface area contributed by atoms with Crippen LogP contribution in [0.25, 0.3) is 0 Å². The van der Waals surface area contributed by atoms with E-state index < -0.39 is 0 Å². The molecule has 104 valence electrons. The van der Waals surface area contributed by atoms with E-state index in [1.54, 1.807) is 12.4 Å². The second-order valence-corrected chi connectivity index (χ2v) is 5.31. The first-order valence-corrected chi connectivity index (χ1v) is 7.02. The number of benzene rings is 1. The molecule has 1 aromatic carbocycles. The lowest BCUT2D eigenvalue weighted by molar-refractivity contribution is 0.721.